The van der Waals surface area contributed by atoms with Gasteiger partial charge in [0.1, 0.15) is 5.82 Å². The van der Waals surface area contributed by atoms with Crippen molar-refractivity contribution in [2.24, 2.45) is 5.92 Å². The molecule has 0 aliphatic rings. The first-order valence-electron chi connectivity index (χ1n) is 10.3. The van der Waals surface area contributed by atoms with Gasteiger partial charge in [-0.05, 0) is 25.7 Å². The van der Waals surface area contributed by atoms with Gasteiger partial charge in [0.05, 0.1) is 0 Å². The van der Waals surface area contributed by atoms with Crippen molar-refractivity contribution in [2.45, 2.75) is 85.9 Å². The predicted molar refractivity (Wildman–Crippen MR) is 111 cm³/mol. The van der Waals surface area contributed by atoms with Crippen molar-refractivity contribution in [3.05, 3.63) is 26.7 Å². The van der Waals surface area contributed by atoms with Crippen LogP contribution in [-0.2, 0) is 24.3 Å². The van der Waals surface area contributed by atoms with Gasteiger partial charge in [-0.25, -0.2) is 9.78 Å². The molecule has 1 atom stereocenters. The third-order valence-electron chi connectivity index (χ3n) is 4.84. The quantitative estimate of drug-likeness (QED) is 0.648. The van der Waals surface area contributed by atoms with Crippen LogP contribution >= 0.6 is 0 Å². The number of carbonyl (C=O) groups is 1. The maximum atomic E-state index is 12.6. The highest BCUT2D eigenvalue weighted by atomic mass is 16.2. The lowest BCUT2D eigenvalue weighted by Gasteiger charge is -2.13. The summed E-state index contributed by atoms with van der Waals surface area (Å²) in [5, 5.41) is 2.95. The van der Waals surface area contributed by atoms with E-state index < -0.39 is 11.2 Å². The Morgan fingerprint density at radius 2 is 1.89 bits per heavy atom. The Hall–Kier alpha value is -2.38. The predicted octanol–water partition coefficient (Wildman–Crippen LogP) is 2.19. The van der Waals surface area contributed by atoms with Gasteiger partial charge in [0, 0.05) is 32.0 Å². The maximum absolute atomic E-state index is 12.6. The number of amides is 1. The van der Waals surface area contributed by atoms with E-state index in [4.69, 9.17) is 0 Å². The van der Waals surface area contributed by atoms with Crippen molar-refractivity contribution in [1.29, 1.82) is 0 Å². The first-order chi connectivity index (χ1) is 13.3. The highest BCUT2D eigenvalue weighted by molar-refractivity contribution is 5.76. The number of fused-ring (bicyclic) bond motifs is 1. The Kier molecular flexibility index (Phi) is 7.60. The van der Waals surface area contributed by atoms with Crippen molar-refractivity contribution in [3.63, 3.8) is 0 Å². The fraction of sp³-hybridized carbons (Fsp3) is 0.700. The molecule has 0 aromatic carbocycles. The molecule has 0 bridgehead atoms. The minimum Gasteiger partial charge on any atom is -0.354 e. The molecular weight excluding hydrogens is 358 g/mol. The first-order valence-corrected chi connectivity index (χ1v) is 10.3. The second kappa shape index (κ2) is 9.71. The molecule has 2 N–H and O–H groups in total. The van der Waals surface area contributed by atoms with Gasteiger partial charge in [-0.2, -0.15) is 0 Å². The highest BCUT2D eigenvalue weighted by Gasteiger charge is 2.19. The molecule has 8 nitrogen and oxygen atoms in total. The van der Waals surface area contributed by atoms with E-state index in [-0.39, 0.29) is 11.9 Å². The number of rotatable bonds is 10. The molecule has 0 fully saturated rings. The number of H-pyrrole nitrogens is 1. The van der Waals surface area contributed by atoms with Crippen molar-refractivity contribution in [3.8, 4) is 0 Å². The molecule has 2 aromatic rings. The molecule has 2 aromatic heterocycles. The molecule has 8 heteroatoms. The van der Waals surface area contributed by atoms with E-state index >= 15 is 0 Å². The van der Waals surface area contributed by atoms with E-state index in [9.17, 15) is 14.4 Å². The smallest absolute Gasteiger partial charge is 0.330 e. The van der Waals surface area contributed by atoms with Gasteiger partial charge >= 0.3 is 5.69 Å². The molecule has 0 saturated carbocycles. The number of hydrogen-bond acceptors (Lipinski definition) is 4. The van der Waals surface area contributed by atoms with E-state index in [1.807, 2.05) is 25.3 Å². The summed E-state index contributed by atoms with van der Waals surface area (Å²) in [7, 11) is 0. The zero-order valence-corrected chi connectivity index (χ0v) is 17.7. The second-order valence-corrected chi connectivity index (χ2v) is 7.85. The molecular formula is C20H33N5O3. The topological polar surface area (TPSA) is 102 Å². The molecule has 1 amide bonds. The lowest BCUT2D eigenvalue weighted by Crippen LogP contribution is -2.32. The standard InChI is InChI=1S/C20H33N5O3/c1-6-8-11-24-18-17(19(27)23-20(24)28)25(12-13(3)4)15(22-18)9-10-16(26)21-14(5)7-2/h13-14H,6-12H2,1-5H3,(H,21,26)(H,23,27,28). The van der Waals surface area contributed by atoms with Crippen LogP contribution in [0.2, 0.25) is 0 Å². The molecule has 1 unspecified atom stereocenters. The third-order valence-corrected chi connectivity index (χ3v) is 4.84. The van der Waals surface area contributed by atoms with E-state index in [1.165, 1.54) is 0 Å². The number of unbranched alkanes of at least 4 members (excludes halogenated alkanes) is 1. The van der Waals surface area contributed by atoms with E-state index in [1.54, 1.807) is 4.57 Å². The molecule has 0 spiro atoms. The fourth-order valence-corrected chi connectivity index (χ4v) is 3.17. The van der Waals surface area contributed by atoms with Crippen LogP contribution in [0.4, 0.5) is 0 Å². The van der Waals surface area contributed by atoms with Crippen molar-refractivity contribution in [1.82, 2.24) is 24.4 Å². The Balaban J connectivity index is 2.46. The number of imidazole rings is 1. The van der Waals surface area contributed by atoms with Crippen LogP contribution in [-0.4, -0.2) is 31.1 Å². The minimum absolute atomic E-state index is 0.0326. The van der Waals surface area contributed by atoms with Crippen LogP contribution in [0.3, 0.4) is 0 Å². The number of carbonyl (C=O) groups excluding carboxylic acids is 1. The number of aromatic amines is 1. The summed E-state index contributed by atoms with van der Waals surface area (Å²) >= 11 is 0. The molecule has 0 aliphatic heterocycles. The average molecular weight is 392 g/mol. The molecule has 28 heavy (non-hydrogen) atoms. The van der Waals surface area contributed by atoms with Crippen LogP contribution in [0.1, 0.15) is 66.1 Å². The van der Waals surface area contributed by atoms with E-state index in [0.29, 0.717) is 48.8 Å². The normalized spacial score (nSPS) is 12.6. The molecule has 0 aliphatic carbocycles. The monoisotopic (exact) mass is 391 g/mol. The largest absolute Gasteiger partial charge is 0.354 e. The molecule has 0 radical (unpaired) electrons. The van der Waals surface area contributed by atoms with Crippen molar-refractivity contribution >= 4 is 17.1 Å². The summed E-state index contributed by atoms with van der Waals surface area (Å²) in [6.07, 6.45) is 3.34. The number of nitrogens with one attached hydrogen (secondary N) is 2. The van der Waals surface area contributed by atoms with Crippen molar-refractivity contribution < 1.29 is 4.79 Å². The Morgan fingerprint density at radius 1 is 1.18 bits per heavy atom. The lowest BCUT2D eigenvalue weighted by molar-refractivity contribution is -0.121. The van der Waals surface area contributed by atoms with Crippen LogP contribution in [0.5, 0.6) is 0 Å². The van der Waals surface area contributed by atoms with Crippen LogP contribution < -0.4 is 16.6 Å². The molecule has 0 saturated heterocycles. The Labute approximate surface area is 165 Å². The van der Waals surface area contributed by atoms with E-state index in [0.717, 1.165) is 19.3 Å². The minimum atomic E-state index is -0.429. The second-order valence-electron chi connectivity index (χ2n) is 7.85. The van der Waals surface area contributed by atoms with Gasteiger partial charge in [0.15, 0.2) is 11.2 Å². The summed E-state index contributed by atoms with van der Waals surface area (Å²) in [5.41, 5.74) is -0.0145. The number of aromatic nitrogens is 4. The van der Waals surface area contributed by atoms with Gasteiger partial charge < -0.3 is 9.88 Å². The zero-order chi connectivity index (χ0) is 20.8. The molecule has 2 heterocycles. The SMILES string of the molecule is CCCCn1c(=O)[nH]c(=O)c2c1nc(CCC(=O)NC(C)CC)n2CC(C)C. The molecule has 2 rings (SSSR count). The van der Waals surface area contributed by atoms with Gasteiger partial charge in [0.2, 0.25) is 5.91 Å². The number of nitrogens with zero attached hydrogens (tertiary/aromatic N) is 3. The summed E-state index contributed by atoms with van der Waals surface area (Å²) < 4.78 is 3.41. The van der Waals surface area contributed by atoms with Gasteiger partial charge in [-0.1, -0.05) is 34.1 Å². The summed E-state index contributed by atoms with van der Waals surface area (Å²) in [6.45, 7) is 11.3. The summed E-state index contributed by atoms with van der Waals surface area (Å²) in [4.78, 5) is 44.1. The fourth-order valence-electron chi connectivity index (χ4n) is 3.17. The zero-order valence-electron chi connectivity index (χ0n) is 17.7. The third kappa shape index (κ3) is 5.11. The van der Waals surface area contributed by atoms with E-state index in [2.05, 4.69) is 29.1 Å². The molecule has 156 valence electrons. The van der Waals surface area contributed by atoms with Crippen molar-refractivity contribution in [2.75, 3.05) is 0 Å². The van der Waals surface area contributed by atoms with Crippen LogP contribution in [0.15, 0.2) is 9.59 Å². The Morgan fingerprint density at radius 3 is 2.50 bits per heavy atom. The van der Waals surface area contributed by atoms with Gasteiger partial charge in [-0.15, -0.1) is 0 Å². The van der Waals surface area contributed by atoms with Gasteiger partial charge in [-0.3, -0.25) is 19.1 Å². The summed E-state index contributed by atoms with van der Waals surface area (Å²) in [6, 6.07) is 0.129. The summed E-state index contributed by atoms with van der Waals surface area (Å²) in [5.74, 6) is 0.930. The van der Waals surface area contributed by atoms with Crippen LogP contribution in [0.25, 0.3) is 11.2 Å². The van der Waals surface area contributed by atoms with Gasteiger partial charge in [0.25, 0.3) is 5.56 Å². The number of aryl methyl sites for hydroxylation is 2. The average Bonchev–Trinajstić information content (AvgIpc) is 2.97. The van der Waals surface area contributed by atoms with Crippen LogP contribution in [0, 0.1) is 5.92 Å². The highest BCUT2D eigenvalue weighted by Crippen LogP contribution is 2.16. The lowest BCUT2D eigenvalue weighted by atomic mass is 10.2. The first kappa shape index (κ1) is 21.9. The number of hydrogen-bond donors (Lipinski definition) is 2. The Bertz CT molecular complexity index is 922. The maximum Gasteiger partial charge on any atom is 0.330 e.